The van der Waals surface area contributed by atoms with Crippen molar-refractivity contribution >= 4 is 58.5 Å². The number of anilines is 2. The summed E-state index contributed by atoms with van der Waals surface area (Å²) in [5.41, 5.74) is 4.49. The molecule has 3 aromatic carbocycles. The lowest BCUT2D eigenvalue weighted by atomic mass is 10.2. The van der Waals surface area contributed by atoms with Crippen LogP contribution in [-0.4, -0.2) is 29.1 Å². The minimum atomic E-state index is -0.170. The first kappa shape index (κ1) is 22.8. The standard InChI is InChI=1S/C25H24N2O2S3/c1-17-9-11-19(12-10-17)26-23(28)16-32-22-8-3-2-7-21(22)24(29)27-20-6-4-5-18(15-20)25-30-13-14-31-25/h2-12,15,25H,13-14,16H2,1H3,(H,26,28)(H,27,29). The second kappa shape index (κ2) is 11.0. The molecule has 0 bridgehead atoms. The monoisotopic (exact) mass is 480 g/mol. The highest BCUT2D eigenvalue weighted by Gasteiger charge is 2.19. The number of benzene rings is 3. The van der Waals surface area contributed by atoms with Crippen molar-refractivity contribution in [2.45, 2.75) is 16.4 Å². The van der Waals surface area contributed by atoms with E-state index in [9.17, 15) is 9.59 Å². The van der Waals surface area contributed by atoms with Gasteiger partial charge in [0.25, 0.3) is 5.91 Å². The summed E-state index contributed by atoms with van der Waals surface area (Å²) in [5, 5.41) is 5.92. The molecule has 0 atom stereocenters. The molecule has 0 radical (unpaired) electrons. The third kappa shape index (κ3) is 6.12. The van der Waals surface area contributed by atoms with Crippen LogP contribution in [0.15, 0.2) is 77.7 Å². The van der Waals surface area contributed by atoms with Crippen LogP contribution < -0.4 is 10.6 Å². The summed E-state index contributed by atoms with van der Waals surface area (Å²) in [7, 11) is 0. The van der Waals surface area contributed by atoms with Crippen LogP contribution in [0, 0.1) is 6.92 Å². The van der Waals surface area contributed by atoms with Crippen LogP contribution in [0.2, 0.25) is 0 Å². The van der Waals surface area contributed by atoms with Gasteiger partial charge in [0.2, 0.25) is 5.91 Å². The first-order valence-corrected chi connectivity index (χ1v) is 13.4. The van der Waals surface area contributed by atoms with Crippen LogP contribution in [-0.2, 0) is 4.79 Å². The van der Waals surface area contributed by atoms with E-state index in [4.69, 9.17) is 0 Å². The highest BCUT2D eigenvalue weighted by atomic mass is 32.2. The lowest BCUT2D eigenvalue weighted by molar-refractivity contribution is -0.113. The molecule has 0 spiro atoms. The van der Waals surface area contributed by atoms with Crippen molar-refractivity contribution in [1.29, 1.82) is 0 Å². The first-order chi connectivity index (χ1) is 15.6. The van der Waals surface area contributed by atoms with Gasteiger partial charge in [-0.3, -0.25) is 9.59 Å². The second-order valence-electron chi connectivity index (χ2n) is 7.35. The number of aryl methyl sites for hydroxylation is 1. The lowest BCUT2D eigenvalue weighted by Crippen LogP contribution is -2.16. The third-order valence-electron chi connectivity index (χ3n) is 4.86. The highest BCUT2D eigenvalue weighted by Crippen LogP contribution is 2.45. The molecule has 0 aromatic heterocycles. The quantitative estimate of drug-likeness (QED) is 0.380. The summed E-state index contributed by atoms with van der Waals surface area (Å²) in [4.78, 5) is 26.1. The maximum Gasteiger partial charge on any atom is 0.256 e. The zero-order valence-electron chi connectivity index (χ0n) is 17.7. The van der Waals surface area contributed by atoms with Crippen LogP contribution >= 0.6 is 35.3 Å². The molecule has 32 heavy (non-hydrogen) atoms. The molecule has 1 fully saturated rings. The largest absolute Gasteiger partial charge is 0.325 e. The van der Waals surface area contributed by atoms with Gasteiger partial charge in [-0.05, 0) is 48.9 Å². The summed E-state index contributed by atoms with van der Waals surface area (Å²) in [6, 6.07) is 23.1. The number of carbonyl (C=O) groups excluding carboxylic acids is 2. The number of rotatable bonds is 7. The molecule has 4 nitrogen and oxygen atoms in total. The van der Waals surface area contributed by atoms with Gasteiger partial charge in [-0.1, -0.05) is 42.0 Å². The molecule has 3 aromatic rings. The Balaban J connectivity index is 1.39. The maximum absolute atomic E-state index is 13.0. The van der Waals surface area contributed by atoms with Gasteiger partial charge in [0.1, 0.15) is 0 Å². The van der Waals surface area contributed by atoms with Gasteiger partial charge < -0.3 is 10.6 Å². The van der Waals surface area contributed by atoms with Crippen molar-refractivity contribution in [3.8, 4) is 0 Å². The van der Waals surface area contributed by atoms with Gasteiger partial charge in [0, 0.05) is 27.8 Å². The average molecular weight is 481 g/mol. The van der Waals surface area contributed by atoms with Crippen LogP contribution in [0.3, 0.4) is 0 Å². The van der Waals surface area contributed by atoms with Crippen molar-refractivity contribution in [2.24, 2.45) is 0 Å². The molecular weight excluding hydrogens is 456 g/mol. The lowest BCUT2D eigenvalue weighted by Gasteiger charge is -2.13. The topological polar surface area (TPSA) is 58.2 Å². The Morgan fingerprint density at radius 2 is 1.66 bits per heavy atom. The Bertz CT molecular complexity index is 1100. The Hall–Kier alpha value is -2.35. The predicted octanol–water partition coefficient (Wildman–Crippen LogP) is 6.46. The van der Waals surface area contributed by atoms with Crippen molar-refractivity contribution in [2.75, 3.05) is 27.9 Å². The molecule has 1 saturated heterocycles. The van der Waals surface area contributed by atoms with E-state index < -0.39 is 0 Å². The third-order valence-corrected chi connectivity index (χ3v) is 9.04. The summed E-state index contributed by atoms with van der Waals surface area (Å²) in [6.07, 6.45) is 0. The number of thioether (sulfide) groups is 3. The maximum atomic E-state index is 13.0. The van der Waals surface area contributed by atoms with E-state index >= 15 is 0 Å². The van der Waals surface area contributed by atoms with Gasteiger partial charge >= 0.3 is 0 Å². The molecule has 1 heterocycles. The molecule has 0 saturated carbocycles. The Labute approximate surface area is 201 Å². The van der Waals surface area contributed by atoms with E-state index in [1.54, 1.807) is 6.07 Å². The van der Waals surface area contributed by atoms with Crippen molar-refractivity contribution < 1.29 is 9.59 Å². The zero-order chi connectivity index (χ0) is 22.3. The summed E-state index contributed by atoms with van der Waals surface area (Å²) < 4.78 is 0.432. The minimum Gasteiger partial charge on any atom is -0.325 e. The second-order valence-corrected chi connectivity index (χ2v) is 11.1. The van der Waals surface area contributed by atoms with Gasteiger partial charge in [0.05, 0.1) is 15.9 Å². The molecule has 2 N–H and O–H groups in total. The van der Waals surface area contributed by atoms with Crippen LogP contribution in [0.5, 0.6) is 0 Å². The Morgan fingerprint density at radius 3 is 2.44 bits per heavy atom. The van der Waals surface area contributed by atoms with Crippen molar-refractivity contribution in [3.05, 3.63) is 89.5 Å². The smallest absolute Gasteiger partial charge is 0.256 e. The van der Waals surface area contributed by atoms with E-state index in [2.05, 4.69) is 22.8 Å². The van der Waals surface area contributed by atoms with Gasteiger partial charge in [0.15, 0.2) is 0 Å². The number of nitrogens with one attached hydrogen (secondary N) is 2. The highest BCUT2D eigenvalue weighted by molar-refractivity contribution is 8.19. The molecule has 2 amide bonds. The van der Waals surface area contributed by atoms with Gasteiger partial charge in [-0.25, -0.2) is 0 Å². The predicted molar refractivity (Wildman–Crippen MR) is 139 cm³/mol. The zero-order valence-corrected chi connectivity index (χ0v) is 20.1. The summed E-state index contributed by atoms with van der Waals surface area (Å²) in [5.74, 6) is 2.27. The van der Waals surface area contributed by atoms with Crippen LogP contribution in [0.4, 0.5) is 11.4 Å². The Kier molecular flexibility index (Phi) is 7.84. The Morgan fingerprint density at radius 1 is 0.906 bits per heavy atom. The molecule has 1 aliphatic heterocycles. The molecule has 7 heteroatoms. The van der Waals surface area contributed by atoms with E-state index in [1.165, 1.54) is 17.3 Å². The molecule has 0 unspecified atom stereocenters. The van der Waals surface area contributed by atoms with Crippen LogP contribution in [0.1, 0.15) is 26.1 Å². The van der Waals surface area contributed by atoms with Gasteiger partial charge in [-0.15, -0.1) is 35.3 Å². The molecule has 1 aliphatic rings. The molecule has 0 aliphatic carbocycles. The summed E-state index contributed by atoms with van der Waals surface area (Å²) >= 11 is 5.24. The fourth-order valence-corrected chi connectivity index (χ4v) is 6.96. The van der Waals surface area contributed by atoms with Gasteiger partial charge in [-0.2, -0.15) is 0 Å². The first-order valence-electron chi connectivity index (χ1n) is 10.3. The molecule has 4 rings (SSSR count). The van der Waals surface area contributed by atoms with Crippen molar-refractivity contribution in [1.82, 2.24) is 0 Å². The fourth-order valence-electron chi connectivity index (χ4n) is 3.27. The van der Waals surface area contributed by atoms with E-state index in [1.807, 2.05) is 85.0 Å². The fraction of sp³-hybridized carbons (Fsp3) is 0.200. The number of hydrogen-bond donors (Lipinski definition) is 2. The van der Waals surface area contributed by atoms with E-state index in [0.717, 1.165) is 33.3 Å². The van der Waals surface area contributed by atoms with E-state index in [-0.39, 0.29) is 17.6 Å². The molecule has 164 valence electrons. The SMILES string of the molecule is Cc1ccc(NC(=O)CSc2ccccc2C(=O)Nc2cccc(C3SCCS3)c2)cc1. The number of carbonyl (C=O) groups is 2. The average Bonchev–Trinajstić information content (AvgIpc) is 3.35. The number of amides is 2. The van der Waals surface area contributed by atoms with Crippen LogP contribution in [0.25, 0.3) is 0 Å². The minimum absolute atomic E-state index is 0.103. The summed E-state index contributed by atoms with van der Waals surface area (Å²) in [6.45, 7) is 2.01. The normalized spacial score (nSPS) is 13.7. The van der Waals surface area contributed by atoms with Crippen molar-refractivity contribution in [3.63, 3.8) is 0 Å². The number of hydrogen-bond acceptors (Lipinski definition) is 5. The van der Waals surface area contributed by atoms with E-state index in [0.29, 0.717) is 10.1 Å². The molecular formula is C25H24N2O2S3.